The first kappa shape index (κ1) is 11.4. The summed E-state index contributed by atoms with van der Waals surface area (Å²) in [6, 6.07) is 7.66. The van der Waals surface area contributed by atoms with Gasteiger partial charge in [0.05, 0.1) is 6.61 Å². The highest BCUT2D eigenvalue weighted by Crippen LogP contribution is 2.17. The number of rotatable bonds is 5. The van der Waals surface area contributed by atoms with E-state index >= 15 is 0 Å². The molecule has 1 aliphatic heterocycles. The summed E-state index contributed by atoms with van der Waals surface area (Å²) >= 11 is 0. The normalized spacial score (nSPS) is 16.6. The van der Waals surface area contributed by atoms with Gasteiger partial charge < -0.3 is 9.84 Å². The quantitative estimate of drug-likeness (QED) is 0.820. The van der Waals surface area contributed by atoms with Crippen molar-refractivity contribution in [3.05, 3.63) is 29.8 Å². The van der Waals surface area contributed by atoms with E-state index in [9.17, 15) is 0 Å². The standard InChI is InChI=1S/C13H19NO2/c15-11-12-5-1-2-6-13(12)16-10-9-14-7-3-4-8-14/h1-2,5-6,15H,3-4,7-11H2. The fraction of sp³-hybridized carbons (Fsp3) is 0.538. The second kappa shape index (κ2) is 5.87. The van der Waals surface area contributed by atoms with Crippen molar-refractivity contribution in [1.82, 2.24) is 4.90 Å². The number of para-hydroxylation sites is 1. The summed E-state index contributed by atoms with van der Waals surface area (Å²) in [4.78, 5) is 2.42. The molecule has 1 N–H and O–H groups in total. The number of benzene rings is 1. The van der Waals surface area contributed by atoms with Gasteiger partial charge in [-0.1, -0.05) is 18.2 Å². The van der Waals surface area contributed by atoms with Crippen LogP contribution in [0.3, 0.4) is 0 Å². The van der Waals surface area contributed by atoms with Crippen molar-refractivity contribution in [2.45, 2.75) is 19.4 Å². The molecule has 16 heavy (non-hydrogen) atoms. The van der Waals surface area contributed by atoms with Crippen LogP contribution < -0.4 is 4.74 Å². The molecular formula is C13H19NO2. The number of likely N-dealkylation sites (tertiary alicyclic amines) is 1. The van der Waals surface area contributed by atoms with Crippen molar-refractivity contribution in [3.63, 3.8) is 0 Å². The second-order valence-corrected chi connectivity index (χ2v) is 4.16. The lowest BCUT2D eigenvalue weighted by Crippen LogP contribution is -2.25. The van der Waals surface area contributed by atoms with Gasteiger partial charge in [0, 0.05) is 12.1 Å². The Bertz CT molecular complexity index is 321. The minimum Gasteiger partial charge on any atom is -0.492 e. The van der Waals surface area contributed by atoms with Gasteiger partial charge >= 0.3 is 0 Å². The number of aliphatic hydroxyl groups excluding tert-OH is 1. The Morgan fingerprint density at radius 2 is 1.94 bits per heavy atom. The van der Waals surface area contributed by atoms with Crippen molar-refractivity contribution in [3.8, 4) is 5.75 Å². The predicted molar refractivity (Wildman–Crippen MR) is 63.5 cm³/mol. The molecule has 0 saturated carbocycles. The molecule has 88 valence electrons. The van der Waals surface area contributed by atoms with Crippen molar-refractivity contribution in [2.75, 3.05) is 26.2 Å². The maximum absolute atomic E-state index is 9.14. The first-order chi connectivity index (χ1) is 7.90. The molecular weight excluding hydrogens is 202 g/mol. The van der Waals surface area contributed by atoms with Crippen LogP contribution in [0.25, 0.3) is 0 Å². The average molecular weight is 221 g/mol. The number of ether oxygens (including phenoxy) is 1. The third kappa shape index (κ3) is 2.97. The Kier molecular flexibility index (Phi) is 4.19. The molecule has 0 aromatic heterocycles. The van der Waals surface area contributed by atoms with Gasteiger partial charge in [-0.25, -0.2) is 0 Å². The van der Waals surface area contributed by atoms with Gasteiger partial charge in [0.2, 0.25) is 0 Å². The second-order valence-electron chi connectivity index (χ2n) is 4.16. The Morgan fingerprint density at radius 1 is 1.19 bits per heavy atom. The molecule has 3 nitrogen and oxygen atoms in total. The summed E-state index contributed by atoms with van der Waals surface area (Å²) in [5.41, 5.74) is 0.865. The third-order valence-electron chi connectivity index (χ3n) is 3.01. The molecule has 1 heterocycles. The topological polar surface area (TPSA) is 32.7 Å². The fourth-order valence-corrected chi connectivity index (χ4v) is 2.07. The van der Waals surface area contributed by atoms with Gasteiger partial charge in [-0.2, -0.15) is 0 Å². The van der Waals surface area contributed by atoms with E-state index in [1.165, 1.54) is 25.9 Å². The van der Waals surface area contributed by atoms with Crippen LogP contribution in [-0.4, -0.2) is 36.2 Å². The molecule has 0 spiro atoms. The Morgan fingerprint density at radius 3 is 2.69 bits per heavy atom. The van der Waals surface area contributed by atoms with Gasteiger partial charge in [-0.3, -0.25) is 4.90 Å². The van der Waals surface area contributed by atoms with E-state index in [0.29, 0.717) is 6.61 Å². The summed E-state index contributed by atoms with van der Waals surface area (Å²) in [6.07, 6.45) is 2.63. The molecule has 0 amide bonds. The van der Waals surface area contributed by atoms with E-state index in [1.807, 2.05) is 24.3 Å². The van der Waals surface area contributed by atoms with E-state index < -0.39 is 0 Å². The first-order valence-electron chi connectivity index (χ1n) is 5.94. The van der Waals surface area contributed by atoms with Crippen LogP contribution in [0, 0.1) is 0 Å². The number of aliphatic hydroxyl groups is 1. The minimum atomic E-state index is 0.0416. The van der Waals surface area contributed by atoms with E-state index in [0.717, 1.165) is 17.9 Å². The van der Waals surface area contributed by atoms with Crippen LogP contribution in [0.1, 0.15) is 18.4 Å². The van der Waals surface area contributed by atoms with Gasteiger partial charge in [0.15, 0.2) is 0 Å². The highest BCUT2D eigenvalue weighted by molar-refractivity contribution is 5.32. The minimum absolute atomic E-state index is 0.0416. The first-order valence-corrected chi connectivity index (χ1v) is 5.94. The van der Waals surface area contributed by atoms with Crippen LogP contribution in [0.5, 0.6) is 5.75 Å². The van der Waals surface area contributed by atoms with Crippen molar-refractivity contribution >= 4 is 0 Å². The largest absolute Gasteiger partial charge is 0.492 e. The van der Waals surface area contributed by atoms with Crippen molar-refractivity contribution < 1.29 is 9.84 Å². The van der Waals surface area contributed by atoms with Crippen molar-refractivity contribution in [1.29, 1.82) is 0 Å². The lowest BCUT2D eigenvalue weighted by molar-refractivity contribution is 0.227. The fourth-order valence-electron chi connectivity index (χ4n) is 2.07. The third-order valence-corrected chi connectivity index (χ3v) is 3.01. The number of hydrogen-bond acceptors (Lipinski definition) is 3. The zero-order valence-electron chi connectivity index (χ0n) is 9.56. The highest BCUT2D eigenvalue weighted by atomic mass is 16.5. The van der Waals surface area contributed by atoms with E-state index in [2.05, 4.69) is 4.90 Å². The van der Waals surface area contributed by atoms with E-state index in [-0.39, 0.29) is 6.61 Å². The number of hydrogen-bond donors (Lipinski definition) is 1. The number of nitrogens with zero attached hydrogens (tertiary/aromatic N) is 1. The Hall–Kier alpha value is -1.06. The average Bonchev–Trinajstić information content (AvgIpc) is 2.83. The van der Waals surface area contributed by atoms with Gasteiger partial charge in [0.25, 0.3) is 0 Å². The summed E-state index contributed by atoms with van der Waals surface area (Å²) < 4.78 is 5.69. The Balaban J connectivity index is 1.79. The van der Waals surface area contributed by atoms with Gasteiger partial charge in [-0.05, 0) is 32.0 Å². The predicted octanol–water partition coefficient (Wildman–Crippen LogP) is 1.65. The molecule has 0 aliphatic carbocycles. The maximum atomic E-state index is 9.14. The Labute approximate surface area is 96.6 Å². The smallest absolute Gasteiger partial charge is 0.124 e. The zero-order chi connectivity index (χ0) is 11.2. The SMILES string of the molecule is OCc1ccccc1OCCN1CCCC1. The molecule has 0 radical (unpaired) electrons. The molecule has 0 atom stereocenters. The van der Waals surface area contributed by atoms with E-state index in [4.69, 9.17) is 9.84 Å². The molecule has 1 aromatic rings. The molecule has 3 heteroatoms. The summed E-state index contributed by atoms with van der Waals surface area (Å²) in [5, 5.41) is 9.14. The van der Waals surface area contributed by atoms with E-state index in [1.54, 1.807) is 0 Å². The lowest BCUT2D eigenvalue weighted by Gasteiger charge is -2.16. The van der Waals surface area contributed by atoms with Crippen LogP contribution >= 0.6 is 0 Å². The summed E-state index contributed by atoms with van der Waals surface area (Å²) in [6.45, 7) is 4.13. The zero-order valence-corrected chi connectivity index (χ0v) is 9.56. The molecule has 1 aliphatic rings. The molecule has 0 unspecified atom stereocenters. The highest BCUT2D eigenvalue weighted by Gasteiger charge is 2.11. The van der Waals surface area contributed by atoms with Crippen LogP contribution in [-0.2, 0) is 6.61 Å². The van der Waals surface area contributed by atoms with Gasteiger partial charge in [0.1, 0.15) is 12.4 Å². The molecule has 1 saturated heterocycles. The molecule has 1 aromatic carbocycles. The van der Waals surface area contributed by atoms with Crippen LogP contribution in [0.4, 0.5) is 0 Å². The summed E-state index contributed by atoms with van der Waals surface area (Å²) in [7, 11) is 0. The summed E-state index contributed by atoms with van der Waals surface area (Å²) in [5.74, 6) is 0.809. The van der Waals surface area contributed by atoms with Crippen LogP contribution in [0.2, 0.25) is 0 Å². The monoisotopic (exact) mass is 221 g/mol. The lowest BCUT2D eigenvalue weighted by atomic mass is 10.2. The molecule has 0 bridgehead atoms. The molecule has 2 rings (SSSR count). The van der Waals surface area contributed by atoms with Crippen molar-refractivity contribution in [2.24, 2.45) is 0 Å². The molecule has 1 fully saturated rings. The van der Waals surface area contributed by atoms with Crippen LogP contribution in [0.15, 0.2) is 24.3 Å². The van der Waals surface area contributed by atoms with Gasteiger partial charge in [-0.15, -0.1) is 0 Å². The maximum Gasteiger partial charge on any atom is 0.124 e.